The highest BCUT2D eigenvalue weighted by Crippen LogP contribution is 2.26. The number of hydrogen-bond acceptors (Lipinski definition) is 4. The first-order chi connectivity index (χ1) is 9.91. The van der Waals surface area contributed by atoms with Crippen LogP contribution in [0.4, 0.5) is 5.82 Å². The minimum absolute atomic E-state index is 0.180. The first-order valence-electron chi connectivity index (χ1n) is 7.23. The van der Waals surface area contributed by atoms with Gasteiger partial charge in [-0.3, -0.25) is 0 Å². The molecule has 0 fully saturated rings. The summed E-state index contributed by atoms with van der Waals surface area (Å²) < 4.78 is 5.27. The molecule has 1 aromatic heterocycles. The summed E-state index contributed by atoms with van der Waals surface area (Å²) in [4.78, 5) is 6.69. The molecular formula is C17H25N3O. The molecule has 0 atom stereocenters. The van der Waals surface area contributed by atoms with Crippen LogP contribution in [0.1, 0.15) is 13.8 Å². The molecule has 114 valence electrons. The van der Waals surface area contributed by atoms with Crippen molar-refractivity contribution >= 4 is 16.6 Å². The molecule has 4 nitrogen and oxygen atoms in total. The lowest BCUT2D eigenvalue weighted by Crippen LogP contribution is -2.34. The number of pyridine rings is 1. The Hall–Kier alpha value is -1.81. The average molecular weight is 287 g/mol. The number of rotatable bonds is 6. The Morgan fingerprint density at radius 2 is 2.00 bits per heavy atom. The molecule has 4 heteroatoms. The smallest absolute Gasteiger partial charge is 0.133 e. The van der Waals surface area contributed by atoms with Crippen LogP contribution in [0, 0.1) is 5.41 Å². The molecule has 0 saturated carbocycles. The van der Waals surface area contributed by atoms with Crippen molar-refractivity contribution in [3.8, 4) is 5.75 Å². The third-order valence-electron chi connectivity index (χ3n) is 3.45. The van der Waals surface area contributed by atoms with Gasteiger partial charge in [0.15, 0.2) is 0 Å². The first-order valence-corrected chi connectivity index (χ1v) is 7.23. The molecule has 0 aliphatic heterocycles. The lowest BCUT2D eigenvalue weighted by Gasteiger charge is -2.28. The highest BCUT2D eigenvalue weighted by molar-refractivity contribution is 5.92. The van der Waals surface area contributed by atoms with Gasteiger partial charge < -0.3 is 15.0 Å². The van der Waals surface area contributed by atoms with Crippen LogP contribution in [0.25, 0.3) is 10.8 Å². The first kappa shape index (κ1) is 15.6. The quantitative estimate of drug-likeness (QED) is 0.885. The minimum Gasteiger partial charge on any atom is -0.497 e. The Labute approximate surface area is 127 Å². The van der Waals surface area contributed by atoms with Crippen LogP contribution in [-0.4, -0.2) is 44.2 Å². The third kappa shape index (κ3) is 4.08. The van der Waals surface area contributed by atoms with E-state index in [1.807, 2.05) is 24.4 Å². The zero-order valence-corrected chi connectivity index (χ0v) is 13.6. The molecule has 0 amide bonds. The number of aromatic nitrogens is 1. The van der Waals surface area contributed by atoms with Crippen LogP contribution >= 0.6 is 0 Å². The Balaban J connectivity index is 2.19. The maximum absolute atomic E-state index is 5.27. The summed E-state index contributed by atoms with van der Waals surface area (Å²) in [5.74, 6) is 1.80. The maximum atomic E-state index is 5.27. The predicted octanol–water partition coefficient (Wildman–Crippen LogP) is 3.24. The van der Waals surface area contributed by atoms with Gasteiger partial charge in [-0.2, -0.15) is 0 Å². The summed E-state index contributed by atoms with van der Waals surface area (Å²) >= 11 is 0. The Kier molecular flexibility index (Phi) is 4.68. The topological polar surface area (TPSA) is 37.4 Å². The number of fused-ring (bicyclic) bond motifs is 1. The van der Waals surface area contributed by atoms with Gasteiger partial charge in [-0.25, -0.2) is 4.98 Å². The van der Waals surface area contributed by atoms with Crippen LogP contribution in [0.15, 0.2) is 30.5 Å². The fraction of sp³-hybridized carbons (Fsp3) is 0.471. The van der Waals surface area contributed by atoms with Gasteiger partial charge in [0.1, 0.15) is 11.6 Å². The summed E-state index contributed by atoms with van der Waals surface area (Å²) in [6.45, 7) is 6.42. The average Bonchev–Trinajstić information content (AvgIpc) is 2.43. The molecule has 1 heterocycles. The van der Waals surface area contributed by atoms with Crippen LogP contribution in [0.5, 0.6) is 5.75 Å². The summed E-state index contributed by atoms with van der Waals surface area (Å²) in [6.07, 6.45) is 1.84. The van der Waals surface area contributed by atoms with Crippen molar-refractivity contribution in [1.82, 2.24) is 9.88 Å². The van der Waals surface area contributed by atoms with E-state index in [1.165, 1.54) is 0 Å². The molecule has 0 saturated heterocycles. The molecule has 21 heavy (non-hydrogen) atoms. The van der Waals surface area contributed by atoms with Gasteiger partial charge >= 0.3 is 0 Å². The van der Waals surface area contributed by atoms with Crippen molar-refractivity contribution in [2.24, 2.45) is 5.41 Å². The second-order valence-electron chi connectivity index (χ2n) is 6.50. The molecule has 0 unspecified atom stereocenters. The van der Waals surface area contributed by atoms with Gasteiger partial charge in [0.05, 0.1) is 7.11 Å². The second kappa shape index (κ2) is 6.31. The van der Waals surface area contributed by atoms with Gasteiger partial charge in [0.2, 0.25) is 0 Å². The van der Waals surface area contributed by atoms with Gasteiger partial charge in [-0.1, -0.05) is 13.8 Å². The van der Waals surface area contributed by atoms with Gasteiger partial charge in [-0.15, -0.1) is 0 Å². The number of ether oxygens (including phenoxy) is 1. The standard InChI is InChI=1S/C17H25N3O/c1-17(2,12-20(3)4)11-19-16-15-7-6-14(21-5)10-13(15)8-9-18-16/h6-10H,11-12H2,1-5H3,(H,18,19). The number of nitrogens with zero attached hydrogens (tertiary/aromatic N) is 2. The largest absolute Gasteiger partial charge is 0.497 e. The lowest BCUT2D eigenvalue weighted by molar-refractivity contribution is 0.254. The molecule has 0 radical (unpaired) electrons. The zero-order valence-electron chi connectivity index (χ0n) is 13.6. The van der Waals surface area contributed by atoms with Crippen LogP contribution in [0.2, 0.25) is 0 Å². The van der Waals surface area contributed by atoms with E-state index in [-0.39, 0.29) is 5.41 Å². The fourth-order valence-electron chi connectivity index (χ4n) is 2.66. The maximum Gasteiger partial charge on any atom is 0.133 e. The van der Waals surface area contributed by atoms with Crippen molar-refractivity contribution in [3.63, 3.8) is 0 Å². The number of benzene rings is 1. The molecule has 1 aromatic carbocycles. The van der Waals surface area contributed by atoms with Crippen molar-refractivity contribution in [2.75, 3.05) is 39.6 Å². The highest BCUT2D eigenvalue weighted by Gasteiger charge is 2.19. The van der Waals surface area contributed by atoms with E-state index in [9.17, 15) is 0 Å². The Bertz CT molecular complexity index is 608. The molecule has 0 spiro atoms. The summed E-state index contributed by atoms with van der Waals surface area (Å²) in [7, 11) is 5.89. The fourth-order valence-corrected chi connectivity index (χ4v) is 2.66. The van der Waals surface area contributed by atoms with Crippen molar-refractivity contribution in [1.29, 1.82) is 0 Å². The van der Waals surface area contributed by atoms with Gasteiger partial charge in [-0.05, 0) is 49.2 Å². The SMILES string of the molecule is COc1ccc2c(NCC(C)(C)CN(C)C)nccc2c1. The normalized spacial score (nSPS) is 11.9. The molecule has 0 aliphatic rings. The van der Waals surface area contributed by atoms with E-state index < -0.39 is 0 Å². The van der Waals surface area contributed by atoms with Crippen LogP contribution in [0.3, 0.4) is 0 Å². The Morgan fingerprint density at radius 3 is 2.67 bits per heavy atom. The van der Waals surface area contributed by atoms with E-state index in [0.29, 0.717) is 0 Å². The Morgan fingerprint density at radius 1 is 1.24 bits per heavy atom. The predicted molar refractivity (Wildman–Crippen MR) is 89.1 cm³/mol. The van der Waals surface area contributed by atoms with Crippen molar-refractivity contribution in [2.45, 2.75) is 13.8 Å². The van der Waals surface area contributed by atoms with E-state index in [4.69, 9.17) is 4.74 Å². The number of methoxy groups -OCH3 is 1. The summed E-state index contributed by atoms with van der Waals surface area (Å²) in [6, 6.07) is 8.07. The minimum atomic E-state index is 0.180. The number of nitrogens with one attached hydrogen (secondary N) is 1. The van der Waals surface area contributed by atoms with Crippen LogP contribution < -0.4 is 10.1 Å². The molecule has 0 aliphatic carbocycles. The molecule has 2 rings (SSSR count). The molecular weight excluding hydrogens is 262 g/mol. The van der Waals surface area contributed by atoms with Crippen molar-refractivity contribution < 1.29 is 4.74 Å². The monoisotopic (exact) mass is 287 g/mol. The summed E-state index contributed by atoms with van der Waals surface area (Å²) in [5.41, 5.74) is 0.180. The van der Waals surface area contributed by atoms with E-state index in [2.05, 4.69) is 49.2 Å². The van der Waals surface area contributed by atoms with E-state index in [1.54, 1.807) is 7.11 Å². The molecule has 0 bridgehead atoms. The van der Waals surface area contributed by atoms with Gasteiger partial charge in [0, 0.05) is 24.7 Å². The van der Waals surface area contributed by atoms with E-state index >= 15 is 0 Å². The number of anilines is 1. The van der Waals surface area contributed by atoms with E-state index in [0.717, 1.165) is 35.4 Å². The summed E-state index contributed by atoms with van der Waals surface area (Å²) in [5, 5.41) is 5.75. The van der Waals surface area contributed by atoms with Crippen LogP contribution in [-0.2, 0) is 0 Å². The zero-order chi connectivity index (χ0) is 15.5. The highest BCUT2D eigenvalue weighted by atomic mass is 16.5. The number of hydrogen-bond donors (Lipinski definition) is 1. The second-order valence-corrected chi connectivity index (χ2v) is 6.50. The van der Waals surface area contributed by atoms with Crippen molar-refractivity contribution in [3.05, 3.63) is 30.5 Å². The van der Waals surface area contributed by atoms with Gasteiger partial charge in [0.25, 0.3) is 0 Å². The lowest BCUT2D eigenvalue weighted by atomic mass is 9.93. The third-order valence-corrected chi connectivity index (χ3v) is 3.45. The molecule has 1 N–H and O–H groups in total. The molecule has 2 aromatic rings.